The number of carboxylic acids is 1. The van der Waals surface area contributed by atoms with Gasteiger partial charge in [0.05, 0.1) is 0 Å². The summed E-state index contributed by atoms with van der Waals surface area (Å²) in [6.45, 7) is 3.86. The van der Waals surface area contributed by atoms with Crippen LogP contribution in [0.2, 0.25) is 0 Å². The average Bonchev–Trinajstić information content (AvgIpc) is 3.02. The predicted octanol–water partition coefficient (Wildman–Crippen LogP) is 5.04. The van der Waals surface area contributed by atoms with Crippen LogP contribution >= 0.6 is 43.6 Å². The molecule has 1 aromatic carbocycles. The van der Waals surface area contributed by atoms with E-state index in [1.807, 2.05) is 44.2 Å². The Labute approximate surface area is 155 Å². The molecular weight excluding hydrogens is 446 g/mol. The molecule has 0 aliphatic carbocycles. The van der Waals surface area contributed by atoms with E-state index in [9.17, 15) is 9.90 Å². The molecule has 2 aromatic rings. The van der Waals surface area contributed by atoms with Crippen LogP contribution in [0.25, 0.3) is 11.3 Å². The zero-order valence-electron chi connectivity index (χ0n) is 12.5. The van der Waals surface area contributed by atoms with Gasteiger partial charge in [0, 0.05) is 19.3 Å². The summed E-state index contributed by atoms with van der Waals surface area (Å²) in [4.78, 5) is 11.4. The Balaban J connectivity index is 1.87. The molecule has 0 saturated carbocycles. The maximum Gasteiger partial charge on any atom is 0.322 e. The van der Waals surface area contributed by atoms with E-state index >= 15 is 0 Å². The third-order valence-electron chi connectivity index (χ3n) is 3.76. The number of rotatable bonds is 3. The van der Waals surface area contributed by atoms with Crippen molar-refractivity contribution in [1.29, 1.82) is 0 Å². The second-order valence-electron chi connectivity index (χ2n) is 5.87. The highest BCUT2D eigenvalue weighted by Crippen LogP contribution is 2.46. The standard InChI is InChI=1S/C16H15Br2NO3S/c1-16(2)13(15(20)21)19-14(23-16)12-6-5-11(22-12)9-4-3-8(17)7-10(9)18/h3-7,13-14,19H,1-2H3,(H,20,21). The van der Waals surface area contributed by atoms with Crippen LogP contribution in [-0.2, 0) is 4.79 Å². The van der Waals surface area contributed by atoms with E-state index in [2.05, 4.69) is 37.2 Å². The Hall–Kier alpha value is -0.760. The summed E-state index contributed by atoms with van der Waals surface area (Å²) < 4.78 is 7.49. The summed E-state index contributed by atoms with van der Waals surface area (Å²) in [6.07, 6.45) is 0. The van der Waals surface area contributed by atoms with Crippen molar-refractivity contribution >= 4 is 49.6 Å². The molecule has 4 nitrogen and oxygen atoms in total. The van der Waals surface area contributed by atoms with Gasteiger partial charge in [0.15, 0.2) is 0 Å². The maximum atomic E-state index is 11.4. The second-order valence-corrected chi connectivity index (χ2v) is 9.39. The van der Waals surface area contributed by atoms with Gasteiger partial charge < -0.3 is 9.52 Å². The quantitative estimate of drug-likeness (QED) is 0.671. The van der Waals surface area contributed by atoms with Gasteiger partial charge in [0.1, 0.15) is 22.9 Å². The number of benzene rings is 1. The number of furan rings is 1. The highest BCUT2D eigenvalue weighted by molar-refractivity contribution is 9.11. The first-order valence-corrected chi connectivity index (χ1v) is 9.46. The molecular formula is C16H15Br2NO3S. The number of hydrogen-bond donors (Lipinski definition) is 2. The fraction of sp³-hybridized carbons (Fsp3) is 0.312. The van der Waals surface area contributed by atoms with Crippen molar-refractivity contribution in [3.63, 3.8) is 0 Å². The average molecular weight is 461 g/mol. The summed E-state index contributed by atoms with van der Waals surface area (Å²) in [7, 11) is 0. The van der Waals surface area contributed by atoms with Crippen LogP contribution < -0.4 is 5.32 Å². The number of halogens is 2. The second kappa shape index (κ2) is 6.27. The maximum absolute atomic E-state index is 11.4. The van der Waals surface area contributed by atoms with Crippen LogP contribution in [0.3, 0.4) is 0 Å². The smallest absolute Gasteiger partial charge is 0.322 e. The van der Waals surface area contributed by atoms with Gasteiger partial charge in [-0.2, -0.15) is 0 Å². The van der Waals surface area contributed by atoms with Crippen LogP contribution in [0, 0.1) is 0 Å². The molecule has 1 fully saturated rings. The van der Waals surface area contributed by atoms with Gasteiger partial charge in [-0.3, -0.25) is 10.1 Å². The number of nitrogens with one attached hydrogen (secondary N) is 1. The predicted molar refractivity (Wildman–Crippen MR) is 98.5 cm³/mol. The number of hydrogen-bond acceptors (Lipinski definition) is 4. The van der Waals surface area contributed by atoms with Crippen molar-refractivity contribution < 1.29 is 14.3 Å². The van der Waals surface area contributed by atoms with E-state index in [1.54, 1.807) is 11.8 Å². The van der Waals surface area contributed by atoms with Gasteiger partial charge in [0.25, 0.3) is 0 Å². The summed E-state index contributed by atoms with van der Waals surface area (Å²) in [5.41, 5.74) is 0.955. The van der Waals surface area contributed by atoms with Crippen molar-refractivity contribution in [2.24, 2.45) is 0 Å². The minimum absolute atomic E-state index is 0.172. The lowest BCUT2D eigenvalue weighted by Gasteiger charge is -2.20. The molecule has 1 aromatic heterocycles. The molecule has 2 heterocycles. The van der Waals surface area contributed by atoms with Crippen molar-refractivity contribution in [3.8, 4) is 11.3 Å². The molecule has 0 radical (unpaired) electrons. The van der Waals surface area contributed by atoms with Crippen LogP contribution in [-0.4, -0.2) is 21.9 Å². The normalized spacial score (nSPS) is 23.1. The molecule has 0 spiro atoms. The molecule has 122 valence electrons. The molecule has 2 atom stereocenters. The van der Waals surface area contributed by atoms with Crippen molar-refractivity contribution in [2.45, 2.75) is 30.0 Å². The topological polar surface area (TPSA) is 62.5 Å². The van der Waals surface area contributed by atoms with Gasteiger partial charge >= 0.3 is 5.97 Å². The van der Waals surface area contributed by atoms with E-state index < -0.39 is 16.8 Å². The third kappa shape index (κ3) is 3.38. The fourth-order valence-electron chi connectivity index (χ4n) is 2.59. The number of carboxylic acid groups (broad SMARTS) is 1. The van der Waals surface area contributed by atoms with Crippen LogP contribution in [0.5, 0.6) is 0 Å². The lowest BCUT2D eigenvalue weighted by Crippen LogP contribution is -2.43. The van der Waals surface area contributed by atoms with E-state index in [1.165, 1.54) is 0 Å². The fourth-order valence-corrected chi connectivity index (χ4v) is 5.20. The lowest BCUT2D eigenvalue weighted by atomic mass is 10.0. The first kappa shape index (κ1) is 17.1. The van der Waals surface area contributed by atoms with E-state index in [0.717, 1.165) is 26.0 Å². The molecule has 2 unspecified atom stereocenters. The van der Waals surface area contributed by atoms with E-state index in [4.69, 9.17) is 4.42 Å². The summed E-state index contributed by atoms with van der Waals surface area (Å²) >= 11 is 8.53. The van der Waals surface area contributed by atoms with Gasteiger partial charge in [-0.1, -0.05) is 15.9 Å². The lowest BCUT2D eigenvalue weighted by molar-refractivity contribution is -0.139. The van der Waals surface area contributed by atoms with Crippen molar-refractivity contribution in [2.75, 3.05) is 0 Å². The molecule has 1 aliphatic rings. The molecule has 1 saturated heterocycles. The Morgan fingerprint density at radius 3 is 2.65 bits per heavy atom. The molecule has 7 heteroatoms. The van der Waals surface area contributed by atoms with Crippen LogP contribution in [0.15, 0.2) is 43.7 Å². The summed E-state index contributed by atoms with van der Waals surface area (Å²) in [5, 5.41) is 12.3. The SMILES string of the molecule is CC1(C)SC(c2ccc(-c3ccc(Br)cc3Br)o2)NC1C(=O)O. The molecule has 23 heavy (non-hydrogen) atoms. The molecule has 2 N–H and O–H groups in total. The highest BCUT2D eigenvalue weighted by atomic mass is 79.9. The van der Waals surface area contributed by atoms with Gasteiger partial charge in [0.2, 0.25) is 0 Å². The first-order valence-electron chi connectivity index (χ1n) is 7.00. The van der Waals surface area contributed by atoms with E-state index in [-0.39, 0.29) is 5.37 Å². The third-order valence-corrected chi connectivity index (χ3v) is 6.36. The highest BCUT2D eigenvalue weighted by Gasteiger charge is 2.46. The van der Waals surface area contributed by atoms with Crippen molar-refractivity contribution in [3.05, 3.63) is 45.0 Å². The van der Waals surface area contributed by atoms with Crippen molar-refractivity contribution in [1.82, 2.24) is 5.32 Å². The Morgan fingerprint density at radius 2 is 2.04 bits per heavy atom. The summed E-state index contributed by atoms with van der Waals surface area (Å²) in [5.74, 6) is 0.641. The van der Waals surface area contributed by atoms with Gasteiger partial charge in [-0.05, 0) is 60.1 Å². The Kier molecular flexibility index (Phi) is 4.66. The Bertz CT molecular complexity index is 760. The van der Waals surface area contributed by atoms with E-state index in [0.29, 0.717) is 0 Å². The minimum atomic E-state index is -0.840. The number of thioether (sulfide) groups is 1. The van der Waals surface area contributed by atoms with Gasteiger partial charge in [-0.25, -0.2) is 0 Å². The van der Waals surface area contributed by atoms with Gasteiger partial charge in [-0.15, -0.1) is 11.8 Å². The number of carbonyl (C=O) groups is 1. The minimum Gasteiger partial charge on any atom is -0.480 e. The Morgan fingerprint density at radius 1 is 1.30 bits per heavy atom. The first-order chi connectivity index (χ1) is 10.8. The number of aliphatic carboxylic acids is 1. The molecule has 0 amide bonds. The molecule has 0 bridgehead atoms. The zero-order chi connectivity index (χ0) is 16.8. The molecule has 1 aliphatic heterocycles. The van der Waals surface area contributed by atoms with Crippen LogP contribution in [0.1, 0.15) is 25.0 Å². The summed E-state index contributed by atoms with van der Waals surface area (Å²) in [6, 6.07) is 9.08. The zero-order valence-corrected chi connectivity index (χ0v) is 16.5. The monoisotopic (exact) mass is 459 g/mol. The molecule has 3 rings (SSSR count). The van der Waals surface area contributed by atoms with Crippen LogP contribution in [0.4, 0.5) is 0 Å². The largest absolute Gasteiger partial charge is 0.480 e.